The van der Waals surface area contributed by atoms with E-state index in [-0.39, 0.29) is 0 Å². The van der Waals surface area contributed by atoms with Crippen molar-refractivity contribution in [3.63, 3.8) is 0 Å². The van der Waals surface area contributed by atoms with Gasteiger partial charge in [-0.2, -0.15) is 0 Å². The summed E-state index contributed by atoms with van der Waals surface area (Å²) in [5.74, 6) is 1.05. The van der Waals surface area contributed by atoms with E-state index in [1.807, 2.05) is 6.07 Å². The predicted molar refractivity (Wildman–Crippen MR) is 82.1 cm³/mol. The third kappa shape index (κ3) is 2.88. The quantitative estimate of drug-likeness (QED) is 0.817. The lowest BCUT2D eigenvalue weighted by Crippen LogP contribution is -2.25. The largest absolute Gasteiger partial charge is 0.468 e. The van der Waals surface area contributed by atoms with Crippen molar-refractivity contribution in [2.75, 3.05) is 24.5 Å². The maximum atomic E-state index is 5.42. The number of fused-ring (bicyclic) bond motifs is 1. The molecule has 0 spiro atoms. The van der Waals surface area contributed by atoms with Crippen LogP contribution in [0.5, 0.6) is 0 Å². The molecular formula is C17H22N2O. The molecule has 1 aliphatic heterocycles. The van der Waals surface area contributed by atoms with Crippen molar-refractivity contribution in [1.82, 2.24) is 5.32 Å². The number of para-hydroxylation sites is 1. The molecule has 3 rings (SSSR count). The highest BCUT2D eigenvalue weighted by Crippen LogP contribution is 2.27. The first-order chi connectivity index (χ1) is 9.84. The second-order valence-corrected chi connectivity index (χ2v) is 5.42. The van der Waals surface area contributed by atoms with Gasteiger partial charge in [-0.3, -0.25) is 0 Å². The van der Waals surface area contributed by atoms with Crippen LogP contribution in [-0.2, 0) is 13.0 Å². The lowest BCUT2D eigenvalue weighted by Gasteiger charge is -2.19. The summed E-state index contributed by atoms with van der Waals surface area (Å²) in [5.41, 5.74) is 4.15. The Bertz CT molecular complexity index is 562. The van der Waals surface area contributed by atoms with E-state index in [0.29, 0.717) is 0 Å². The zero-order valence-electron chi connectivity index (χ0n) is 12.1. The van der Waals surface area contributed by atoms with Gasteiger partial charge in [-0.15, -0.1) is 0 Å². The average Bonchev–Trinajstić information content (AvgIpc) is 3.06. The highest BCUT2D eigenvalue weighted by Gasteiger charge is 2.17. The second kappa shape index (κ2) is 6.14. The van der Waals surface area contributed by atoms with Crippen LogP contribution in [0.1, 0.15) is 23.3 Å². The minimum absolute atomic E-state index is 0.829. The Balaban J connectivity index is 1.40. The lowest BCUT2D eigenvalue weighted by atomic mass is 10.2. The first-order valence-corrected chi connectivity index (χ1v) is 7.41. The van der Waals surface area contributed by atoms with Crippen LogP contribution in [0.4, 0.5) is 5.69 Å². The van der Waals surface area contributed by atoms with Gasteiger partial charge in [0.1, 0.15) is 5.76 Å². The van der Waals surface area contributed by atoms with Gasteiger partial charge in [0, 0.05) is 18.8 Å². The highest BCUT2D eigenvalue weighted by atomic mass is 16.3. The fourth-order valence-corrected chi connectivity index (χ4v) is 2.82. The van der Waals surface area contributed by atoms with E-state index in [2.05, 4.69) is 41.4 Å². The molecule has 0 bridgehead atoms. The summed E-state index contributed by atoms with van der Waals surface area (Å²) in [7, 11) is 0. The number of anilines is 1. The van der Waals surface area contributed by atoms with Crippen molar-refractivity contribution in [2.45, 2.75) is 26.3 Å². The van der Waals surface area contributed by atoms with Gasteiger partial charge >= 0.3 is 0 Å². The Kier molecular flexibility index (Phi) is 4.07. The zero-order chi connectivity index (χ0) is 13.8. The standard InChI is InChI=1S/C17H22N2O/c1-14-8-12-20-17(14)13-18-9-4-10-19-11-7-15-5-2-3-6-16(15)19/h2-3,5-6,8,12,18H,4,7,9-11,13H2,1H3. The van der Waals surface area contributed by atoms with Crippen LogP contribution in [0.3, 0.4) is 0 Å². The summed E-state index contributed by atoms with van der Waals surface area (Å²) in [6.07, 6.45) is 4.11. The number of hydrogen-bond donors (Lipinski definition) is 1. The molecule has 0 amide bonds. The lowest BCUT2D eigenvalue weighted by molar-refractivity contribution is 0.478. The molecule has 3 nitrogen and oxygen atoms in total. The van der Waals surface area contributed by atoms with Gasteiger partial charge in [0.05, 0.1) is 12.8 Å². The Morgan fingerprint density at radius 3 is 3.00 bits per heavy atom. The van der Waals surface area contributed by atoms with E-state index in [1.165, 1.54) is 23.2 Å². The molecule has 2 aromatic rings. The molecule has 3 heteroatoms. The molecular weight excluding hydrogens is 248 g/mol. The summed E-state index contributed by atoms with van der Waals surface area (Å²) in [4.78, 5) is 2.50. The maximum Gasteiger partial charge on any atom is 0.120 e. The molecule has 0 fully saturated rings. The molecule has 20 heavy (non-hydrogen) atoms. The third-order valence-electron chi connectivity index (χ3n) is 4.02. The van der Waals surface area contributed by atoms with E-state index < -0.39 is 0 Å². The number of rotatable bonds is 6. The van der Waals surface area contributed by atoms with Crippen LogP contribution in [0.25, 0.3) is 0 Å². The van der Waals surface area contributed by atoms with Gasteiger partial charge in [0.2, 0.25) is 0 Å². The van der Waals surface area contributed by atoms with E-state index in [1.54, 1.807) is 6.26 Å². The molecule has 0 radical (unpaired) electrons. The molecule has 106 valence electrons. The summed E-state index contributed by atoms with van der Waals surface area (Å²) < 4.78 is 5.42. The predicted octanol–water partition coefficient (Wildman–Crippen LogP) is 3.13. The van der Waals surface area contributed by atoms with Crippen molar-refractivity contribution in [3.05, 3.63) is 53.5 Å². The average molecular weight is 270 g/mol. The topological polar surface area (TPSA) is 28.4 Å². The molecule has 1 aromatic heterocycles. The SMILES string of the molecule is Cc1ccoc1CNCCCN1CCc2ccccc21. The van der Waals surface area contributed by atoms with Crippen molar-refractivity contribution >= 4 is 5.69 Å². The minimum atomic E-state index is 0.829. The summed E-state index contributed by atoms with van der Waals surface area (Å²) in [6.45, 7) is 6.23. The number of nitrogens with one attached hydrogen (secondary N) is 1. The monoisotopic (exact) mass is 270 g/mol. The molecule has 0 saturated carbocycles. The highest BCUT2D eigenvalue weighted by molar-refractivity contribution is 5.57. The Morgan fingerprint density at radius 1 is 1.25 bits per heavy atom. The maximum absolute atomic E-state index is 5.42. The van der Waals surface area contributed by atoms with Crippen LogP contribution in [0.2, 0.25) is 0 Å². The number of hydrogen-bond acceptors (Lipinski definition) is 3. The van der Waals surface area contributed by atoms with Crippen LogP contribution >= 0.6 is 0 Å². The Hall–Kier alpha value is -1.74. The molecule has 0 aliphatic carbocycles. The number of aryl methyl sites for hydroxylation is 1. The smallest absolute Gasteiger partial charge is 0.120 e. The van der Waals surface area contributed by atoms with Crippen molar-refractivity contribution in [1.29, 1.82) is 0 Å². The minimum Gasteiger partial charge on any atom is -0.468 e. The third-order valence-corrected chi connectivity index (χ3v) is 4.02. The van der Waals surface area contributed by atoms with Gasteiger partial charge in [-0.1, -0.05) is 18.2 Å². The molecule has 2 heterocycles. The fraction of sp³-hybridized carbons (Fsp3) is 0.412. The van der Waals surface area contributed by atoms with Crippen LogP contribution in [-0.4, -0.2) is 19.6 Å². The normalized spacial score (nSPS) is 13.8. The van der Waals surface area contributed by atoms with Gasteiger partial charge < -0.3 is 14.6 Å². The molecule has 0 saturated heterocycles. The van der Waals surface area contributed by atoms with E-state index in [4.69, 9.17) is 4.42 Å². The molecule has 0 unspecified atom stereocenters. The number of nitrogens with zero attached hydrogens (tertiary/aromatic N) is 1. The number of benzene rings is 1. The van der Waals surface area contributed by atoms with E-state index >= 15 is 0 Å². The van der Waals surface area contributed by atoms with Gasteiger partial charge in [0.25, 0.3) is 0 Å². The molecule has 1 aromatic carbocycles. The summed E-state index contributed by atoms with van der Waals surface area (Å²) in [6, 6.07) is 10.8. The zero-order valence-corrected chi connectivity index (χ0v) is 12.1. The van der Waals surface area contributed by atoms with Crippen LogP contribution < -0.4 is 10.2 Å². The van der Waals surface area contributed by atoms with E-state index in [9.17, 15) is 0 Å². The Labute approximate surface area is 120 Å². The van der Waals surface area contributed by atoms with E-state index in [0.717, 1.165) is 38.4 Å². The van der Waals surface area contributed by atoms with Gasteiger partial charge in [0.15, 0.2) is 0 Å². The second-order valence-electron chi connectivity index (χ2n) is 5.42. The van der Waals surface area contributed by atoms with Gasteiger partial charge in [-0.25, -0.2) is 0 Å². The van der Waals surface area contributed by atoms with Crippen molar-refractivity contribution in [3.8, 4) is 0 Å². The Morgan fingerprint density at radius 2 is 2.15 bits per heavy atom. The number of furan rings is 1. The molecule has 1 N–H and O–H groups in total. The summed E-state index contributed by atoms with van der Waals surface area (Å²) >= 11 is 0. The fourth-order valence-electron chi connectivity index (χ4n) is 2.82. The molecule has 1 aliphatic rings. The first-order valence-electron chi connectivity index (χ1n) is 7.41. The van der Waals surface area contributed by atoms with Crippen LogP contribution in [0, 0.1) is 6.92 Å². The van der Waals surface area contributed by atoms with Crippen LogP contribution in [0.15, 0.2) is 41.0 Å². The van der Waals surface area contributed by atoms with Crippen molar-refractivity contribution < 1.29 is 4.42 Å². The van der Waals surface area contributed by atoms with Crippen molar-refractivity contribution in [2.24, 2.45) is 0 Å². The van der Waals surface area contributed by atoms with Gasteiger partial charge in [-0.05, 0) is 49.6 Å². The molecule has 0 atom stereocenters. The first kappa shape index (κ1) is 13.3. The summed E-state index contributed by atoms with van der Waals surface area (Å²) in [5, 5.41) is 3.46.